The van der Waals surface area contributed by atoms with E-state index in [-0.39, 0.29) is 44.2 Å². The van der Waals surface area contributed by atoms with Crippen molar-refractivity contribution in [2.24, 2.45) is 0 Å². The maximum Gasteiger partial charge on any atom is 0.243 e. The Morgan fingerprint density at radius 1 is 0.977 bits per heavy atom. The van der Waals surface area contributed by atoms with Gasteiger partial charge >= 0.3 is 0 Å². The van der Waals surface area contributed by atoms with Gasteiger partial charge in [0.1, 0.15) is 11.8 Å². The van der Waals surface area contributed by atoms with Gasteiger partial charge in [-0.2, -0.15) is 0 Å². The van der Waals surface area contributed by atoms with Crippen LogP contribution in [0.25, 0.3) is 0 Å². The summed E-state index contributed by atoms with van der Waals surface area (Å²) >= 11 is 12.6. The van der Waals surface area contributed by atoms with Gasteiger partial charge in [-0.05, 0) is 62.6 Å². The van der Waals surface area contributed by atoms with Gasteiger partial charge in [-0.1, -0.05) is 71.7 Å². The monoisotopic (exact) mass is 647 g/mol. The number of sulfonamides is 1. The lowest BCUT2D eigenvalue weighted by molar-refractivity contribution is -0.142. The van der Waals surface area contributed by atoms with E-state index in [0.29, 0.717) is 27.0 Å². The molecule has 0 heterocycles. The van der Waals surface area contributed by atoms with Crippen molar-refractivity contribution in [2.45, 2.75) is 58.2 Å². The van der Waals surface area contributed by atoms with Crippen LogP contribution in [0.2, 0.25) is 10.0 Å². The fraction of sp³-hybridized carbons (Fsp3) is 0.375. The molecule has 0 fully saturated rings. The summed E-state index contributed by atoms with van der Waals surface area (Å²) in [4.78, 5) is 29.3. The van der Waals surface area contributed by atoms with Gasteiger partial charge in [-0.3, -0.25) is 13.9 Å². The summed E-state index contributed by atoms with van der Waals surface area (Å²) in [5.74, 6) is -0.217. The van der Waals surface area contributed by atoms with Crippen LogP contribution in [-0.4, -0.2) is 56.6 Å². The van der Waals surface area contributed by atoms with Crippen molar-refractivity contribution in [2.75, 3.05) is 24.2 Å². The average Bonchev–Trinajstić information content (AvgIpc) is 2.93. The van der Waals surface area contributed by atoms with E-state index in [0.717, 1.165) is 11.8 Å². The number of methoxy groups -OCH3 is 1. The predicted molar refractivity (Wildman–Crippen MR) is 173 cm³/mol. The van der Waals surface area contributed by atoms with Crippen LogP contribution in [0.3, 0.4) is 0 Å². The van der Waals surface area contributed by atoms with E-state index in [1.165, 1.54) is 16.3 Å². The molecule has 0 bridgehead atoms. The van der Waals surface area contributed by atoms with E-state index in [1.54, 1.807) is 42.5 Å². The maximum atomic E-state index is 14.0. The average molecular weight is 649 g/mol. The summed E-state index contributed by atoms with van der Waals surface area (Å²) in [6.07, 6.45) is 1.58. The number of hydrogen-bond acceptors (Lipinski definition) is 5. The topological polar surface area (TPSA) is 96.0 Å². The number of amides is 2. The molecule has 8 nitrogen and oxygen atoms in total. The number of ether oxygens (including phenoxy) is 1. The third kappa shape index (κ3) is 10.2. The first-order chi connectivity index (χ1) is 20.2. The normalized spacial score (nSPS) is 12.3. The smallest absolute Gasteiger partial charge is 0.243 e. The first-order valence-electron chi connectivity index (χ1n) is 13.9. The van der Waals surface area contributed by atoms with Crippen LogP contribution >= 0.6 is 23.2 Å². The third-order valence-electron chi connectivity index (χ3n) is 6.63. The van der Waals surface area contributed by atoms with Crippen molar-refractivity contribution >= 4 is 50.7 Å². The Morgan fingerprint density at radius 3 is 2.23 bits per heavy atom. The minimum absolute atomic E-state index is 0.0134. The van der Waals surface area contributed by atoms with Crippen LogP contribution in [0.1, 0.15) is 44.7 Å². The molecular formula is C32H39Cl2N3O5S. The molecule has 0 aromatic heterocycles. The summed E-state index contributed by atoms with van der Waals surface area (Å²) in [5.41, 5.74) is 1.36. The number of halogens is 2. The molecule has 1 N–H and O–H groups in total. The number of rotatable bonds is 13. The highest BCUT2D eigenvalue weighted by atomic mass is 35.5. The van der Waals surface area contributed by atoms with E-state index in [4.69, 9.17) is 27.9 Å². The van der Waals surface area contributed by atoms with Crippen molar-refractivity contribution in [3.8, 4) is 5.75 Å². The number of nitrogens with one attached hydrogen (secondary N) is 1. The number of carbonyl (C=O) groups is 2. The standard InChI is InChI=1S/C32H39Cl2N3O5S/c1-32(2,3)35-31(39)28(20-23-12-7-6-8-13-23)36(22-24-17-18-25(33)21-26(24)34)30(38)16-11-19-37(43(5,40)41)27-14-9-10-15-29(27)42-4/h6-10,12-15,17-18,21,28H,11,16,19-20,22H2,1-5H3,(H,35,39). The van der Waals surface area contributed by atoms with Crippen LogP contribution in [0, 0.1) is 0 Å². The lowest BCUT2D eigenvalue weighted by Gasteiger charge is -2.34. The van der Waals surface area contributed by atoms with Gasteiger partial charge in [-0.25, -0.2) is 8.42 Å². The molecule has 3 rings (SSSR count). The second-order valence-electron chi connectivity index (χ2n) is 11.3. The Hall–Kier alpha value is -3.27. The largest absolute Gasteiger partial charge is 0.495 e. The van der Waals surface area contributed by atoms with Gasteiger partial charge in [0, 0.05) is 41.5 Å². The number of anilines is 1. The molecule has 0 spiro atoms. The zero-order valence-corrected chi connectivity index (χ0v) is 27.5. The highest BCUT2D eigenvalue weighted by Gasteiger charge is 2.33. The van der Waals surface area contributed by atoms with E-state index >= 15 is 0 Å². The van der Waals surface area contributed by atoms with Crippen molar-refractivity contribution in [3.05, 3.63) is 94.0 Å². The highest BCUT2D eigenvalue weighted by molar-refractivity contribution is 7.92. The van der Waals surface area contributed by atoms with Crippen molar-refractivity contribution < 1.29 is 22.7 Å². The Labute approximate surface area is 265 Å². The second-order valence-corrected chi connectivity index (χ2v) is 14.1. The molecule has 232 valence electrons. The van der Waals surface area contributed by atoms with Crippen LogP contribution in [0.4, 0.5) is 5.69 Å². The molecule has 3 aromatic rings. The van der Waals surface area contributed by atoms with Crippen LogP contribution in [0.5, 0.6) is 5.75 Å². The molecule has 1 atom stereocenters. The lowest BCUT2D eigenvalue weighted by Crippen LogP contribution is -2.54. The van der Waals surface area contributed by atoms with E-state index in [9.17, 15) is 18.0 Å². The van der Waals surface area contributed by atoms with Gasteiger partial charge in [0.2, 0.25) is 21.8 Å². The van der Waals surface area contributed by atoms with E-state index in [1.807, 2.05) is 51.1 Å². The van der Waals surface area contributed by atoms with Gasteiger partial charge in [0.05, 0.1) is 19.1 Å². The lowest BCUT2D eigenvalue weighted by atomic mass is 10.00. The summed E-state index contributed by atoms with van der Waals surface area (Å²) in [5, 5.41) is 3.85. The Morgan fingerprint density at radius 2 is 1.63 bits per heavy atom. The van der Waals surface area contributed by atoms with Crippen LogP contribution < -0.4 is 14.4 Å². The highest BCUT2D eigenvalue weighted by Crippen LogP contribution is 2.30. The van der Waals surface area contributed by atoms with Crippen LogP contribution in [-0.2, 0) is 32.6 Å². The number of benzene rings is 3. The van der Waals surface area contributed by atoms with E-state index < -0.39 is 21.6 Å². The SMILES string of the molecule is COc1ccccc1N(CCCC(=O)N(Cc1ccc(Cl)cc1Cl)C(Cc1ccccc1)C(=O)NC(C)(C)C)S(C)(=O)=O. The van der Waals surface area contributed by atoms with Crippen molar-refractivity contribution in [1.82, 2.24) is 10.2 Å². The fourth-order valence-electron chi connectivity index (χ4n) is 4.66. The molecule has 3 aromatic carbocycles. The molecule has 0 saturated heterocycles. The maximum absolute atomic E-state index is 14.0. The predicted octanol–water partition coefficient (Wildman–Crippen LogP) is 6.10. The molecule has 0 aliphatic carbocycles. The van der Waals surface area contributed by atoms with Crippen molar-refractivity contribution in [1.29, 1.82) is 0 Å². The van der Waals surface area contributed by atoms with Crippen molar-refractivity contribution in [3.63, 3.8) is 0 Å². The molecule has 0 aliphatic heterocycles. The minimum atomic E-state index is -3.68. The van der Waals surface area contributed by atoms with Crippen LogP contribution in [0.15, 0.2) is 72.8 Å². The molecule has 11 heteroatoms. The molecule has 2 amide bonds. The summed E-state index contributed by atoms with van der Waals surface area (Å²) < 4.78 is 32.1. The summed E-state index contributed by atoms with van der Waals surface area (Å²) in [6, 6.07) is 20.4. The van der Waals surface area contributed by atoms with Gasteiger partial charge < -0.3 is 15.0 Å². The van der Waals surface area contributed by atoms with Gasteiger partial charge in [-0.15, -0.1) is 0 Å². The second kappa shape index (κ2) is 14.9. The first kappa shape index (κ1) is 34.2. The number of para-hydroxylation sites is 2. The molecule has 0 radical (unpaired) electrons. The molecule has 0 saturated carbocycles. The number of nitrogens with zero attached hydrogens (tertiary/aromatic N) is 2. The molecular weight excluding hydrogens is 609 g/mol. The summed E-state index contributed by atoms with van der Waals surface area (Å²) in [7, 11) is -2.21. The van der Waals surface area contributed by atoms with Gasteiger partial charge in [0.25, 0.3) is 0 Å². The zero-order valence-electron chi connectivity index (χ0n) is 25.1. The van der Waals surface area contributed by atoms with Gasteiger partial charge in [0.15, 0.2) is 0 Å². The first-order valence-corrected chi connectivity index (χ1v) is 16.5. The van der Waals surface area contributed by atoms with E-state index in [2.05, 4.69) is 5.32 Å². The number of hydrogen-bond donors (Lipinski definition) is 1. The molecule has 0 aliphatic rings. The Bertz CT molecular complexity index is 1510. The fourth-order valence-corrected chi connectivity index (χ4v) is 6.10. The minimum Gasteiger partial charge on any atom is -0.495 e. The molecule has 1 unspecified atom stereocenters. The molecule has 43 heavy (non-hydrogen) atoms. The Balaban J connectivity index is 1.95. The quantitative estimate of drug-likeness (QED) is 0.242. The zero-order chi connectivity index (χ0) is 31.8. The summed E-state index contributed by atoms with van der Waals surface area (Å²) in [6.45, 7) is 5.74. The number of carbonyl (C=O) groups excluding carboxylic acids is 2. The Kier molecular flexibility index (Phi) is 11.9. The third-order valence-corrected chi connectivity index (χ3v) is 8.40.